The molecule has 9 nitrogen and oxygen atoms in total. The summed E-state index contributed by atoms with van der Waals surface area (Å²) in [6, 6.07) is 11.5. The van der Waals surface area contributed by atoms with Crippen molar-refractivity contribution < 1.29 is 27.5 Å². The maximum absolute atomic E-state index is 13.1. The first-order chi connectivity index (χ1) is 16.7. The maximum atomic E-state index is 13.1. The Morgan fingerprint density at radius 1 is 1.09 bits per heavy atom. The number of carbonyl (C=O) groups excluding carboxylic acids is 2. The van der Waals surface area contributed by atoms with Gasteiger partial charge in [0.15, 0.2) is 6.61 Å². The van der Waals surface area contributed by atoms with E-state index in [2.05, 4.69) is 5.32 Å². The maximum Gasteiger partial charge on any atom is 0.339 e. The number of pyridine rings is 1. The summed E-state index contributed by atoms with van der Waals surface area (Å²) in [5, 5.41) is 3.28. The monoisotopic (exact) mass is 497 g/mol. The molecule has 1 aliphatic rings. The minimum absolute atomic E-state index is 0.00882. The van der Waals surface area contributed by atoms with Crippen LogP contribution in [0.25, 0.3) is 10.9 Å². The molecule has 3 aromatic rings. The van der Waals surface area contributed by atoms with Crippen molar-refractivity contribution in [2.75, 3.05) is 33.1 Å². The molecule has 0 fully saturated rings. The number of hydrogen-bond donors (Lipinski definition) is 1. The SMILES string of the molecule is COc1ccc(S(=O)(=O)N(C)C)cc1NC(=O)COC(=O)c1c2c(nc3ccccc13)CCCC2. The van der Waals surface area contributed by atoms with E-state index >= 15 is 0 Å². The van der Waals surface area contributed by atoms with Crippen molar-refractivity contribution in [3.05, 3.63) is 59.3 Å². The first-order valence-corrected chi connectivity index (χ1v) is 12.6. The summed E-state index contributed by atoms with van der Waals surface area (Å²) < 4.78 is 36.6. The number of amides is 1. The number of esters is 1. The number of anilines is 1. The molecule has 4 rings (SSSR count). The third kappa shape index (κ3) is 4.98. The highest BCUT2D eigenvalue weighted by molar-refractivity contribution is 7.89. The third-order valence-corrected chi connectivity index (χ3v) is 7.74. The molecular weight excluding hydrogens is 470 g/mol. The van der Waals surface area contributed by atoms with Gasteiger partial charge in [0.05, 0.1) is 28.8 Å². The van der Waals surface area contributed by atoms with Gasteiger partial charge in [-0.2, -0.15) is 0 Å². The summed E-state index contributed by atoms with van der Waals surface area (Å²) in [6.07, 6.45) is 3.50. The van der Waals surface area contributed by atoms with Gasteiger partial charge < -0.3 is 14.8 Å². The van der Waals surface area contributed by atoms with Gasteiger partial charge in [-0.1, -0.05) is 18.2 Å². The number of aromatic nitrogens is 1. The topological polar surface area (TPSA) is 115 Å². The molecule has 1 amide bonds. The zero-order valence-corrected chi connectivity index (χ0v) is 20.6. The van der Waals surface area contributed by atoms with Gasteiger partial charge in [-0.15, -0.1) is 0 Å². The molecule has 0 spiro atoms. The number of nitrogens with zero attached hydrogens (tertiary/aromatic N) is 2. The first-order valence-electron chi connectivity index (χ1n) is 11.2. The highest BCUT2D eigenvalue weighted by atomic mass is 32.2. The summed E-state index contributed by atoms with van der Waals surface area (Å²) >= 11 is 0. The summed E-state index contributed by atoms with van der Waals surface area (Å²) in [5.74, 6) is -0.937. The number of methoxy groups -OCH3 is 1. The number of aryl methyl sites for hydroxylation is 1. The number of benzene rings is 2. The van der Waals surface area contributed by atoms with Crippen LogP contribution in [0.15, 0.2) is 47.4 Å². The molecule has 184 valence electrons. The highest BCUT2D eigenvalue weighted by Gasteiger charge is 2.25. The number of ether oxygens (including phenoxy) is 2. The van der Waals surface area contributed by atoms with Crippen LogP contribution in [-0.4, -0.2) is 57.4 Å². The second kappa shape index (κ2) is 10.0. The van der Waals surface area contributed by atoms with Gasteiger partial charge in [0, 0.05) is 25.2 Å². The van der Waals surface area contributed by atoms with Crippen LogP contribution in [-0.2, 0) is 32.4 Å². The Morgan fingerprint density at radius 3 is 2.57 bits per heavy atom. The van der Waals surface area contributed by atoms with Crippen LogP contribution >= 0.6 is 0 Å². The summed E-state index contributed by atoms with van der Waals surface area (Å²) in [7, 11) is 0.520. The van der Waals surface area contributed by atoms with Crippen molar-refractivity contribution in [1.82, 2.24) is 9.29 Å². The van der Waals surface area contributed by atoms with Crippen LogP contribution in [0.5, 0.6) is 5.75 Å². The van der Waals surface area contributed by atoms with Gasteiger partial charge in [0.25, 0.3) is 5.91 Å². The fourth-order valence-electron chi connectivity index (χ4n) is 4.15. The zero-order valence-electron chi connectivity index (χ0n) is 19.8. The summed E-state index contributed by atoms with van der Waals surface area (Å²) in [4.78, 5) is 30.5. The summed E-state index contributed by atoms with van der Waals surface area (Å²) in [5.41, 5.74) is 3.10. The van der Waals surface area contributed by atoms with Crippen LogP contribution in [0.3, 0.4) is 0 Å². The minimum Gasteiger partial charge on any atom is -0.495 e. The number of fused-ring (bicyclic) bond motifs is 2. The molecule has 1 N–H and O–H groups in total. The first kappa shape index (κ1) is 24.6. The van der Waals surface area contributed by atoms with E-state index in [0.29, 0.717) is 16.5 Å². The smallest absolute Gasteiger partial charge is 0.339 e. The standard InChI is InChI=1S/C25H27N3O6S/c1-28(2)35(31,32)16-12-13-22(33-3)21(14-16)27-23(29)15-34-25(30)24-17-8-4-6-10-19(17)26-20-11-7-5-9-18(20)24/h4,6,8,10,12-14H,5,7,9,11,15H2,1-3H3,(H,27,29). The van der Waals surface area contributed by atoms with Gasteiger partial charge >= 0.3 is 5.97 Å². The Labute approximate surface area is 204 Å². The second-order valence-corrected chi connectivity index (χ2v) is 10.6. The van der Waals surface area contributed by atoms with Crippen molar-refractivity contribution in [3.63, 3.8) is 0 Å². The Balaban J connectivity index is 1.55. The quantitative estimate of drug-likeness (QED) is 0.499. The number of nitrogens with one attached hydrogen (secondary N) is 1. The Bertz CT molecular complexity index is 1400. The fourth-order valence-corrected chi connectivity index (χ4v) is 5.08. The number of rotatable bonds is 7. The Morgan fingerprint density at radius 2 is 1.83 bits per heavy atom. The molecule has 0 radical (unpaired) electrons. The van der Waals surface area contributed by atoms with Gasteiger partial charge in [-0.3, -0.25) is 9.78 Å². The van der Waals surface area contributed by atoms with Crippen molar-refractivity contribution in [3.8, 4) is 5.75 Å². The number of hydrogen-bond acceptors (Lipinski definition) is 7. The average Bonchev–Trinajstić information content (AvgIpc) is 2.85. The van der Waals surface area contributed by atoms with Crippen LogP contribution in [0.4, 0.5) is 5.69 Å². The molecule has 1 aromatic heterocycles. The molecule has 0 unspecified atom stereocenters. The largest absolute Gasteiger partial charge is 0.495 e. The third-order valence-electron chi connectivity index (χ3n) is 5.93. The van der Waals surface area contributed by atoms with Crippen molar-refractivity contribution in [2.24, 2.45) is 0 Å². The lowest BCUT2D eigenvalue weighted by molar-refractivity contribution is -0.119. The van der Waals surface area contributed by atoms with Crippen LogP contribution in [0.2, 0.25) is 0 Å². The Kier molecular flexibility index (Phi) is 7.04. The van der Waals surface area contributed by atoms with E-state index in [1.807, 2.05) is 24.3 Å². The number of para-hydroxylation sites is 1. The predicted octanol–water partition coefficient (Wildman–Crippen LogP) is 3.17. The normalized spacial score (nSPS) is 13.4. The molecule has 10 heteroatoms. The van der Waals surface area contributed by atoms with Gasteiger partial charge in [-0.05, 0) is 55.5 Å². The van der Waals surface area contributed by atoms with Gasteiger partial charge in [0.1, 0.15) is 5.75 Å². The predicted molar refractivity (Wildman–Crippen MR) is 131 cm³/mol. The average molecular weight is 498 g/mol. The highest BCUT2D eigenvalue weighted by Crippen LogP contribution is 2.30. The van der Waals surface area contributed by atoms with E-state index in [0.717, 1.165) is 41.2 Å². The molecular formula is C25H27N3O6S. The molecule has 0 saturated carbocycles. The molecule has 0 aliphatic heterocycles. The zero-order chi connectivity index (χ0) is 25.2. The number of carbonyl (C=O) groups is 2. The molecule has 1 heterocycles. The fraction of sp³-hybridized carbons (Fsp3) is 0.320. The molecule has 0 saturated heterocycles. The lowest BCUT2D eigenvalue weighted by Crippen LogP contribution is -2.24. The van der Waals surface area contributed by atoms with Crippen LogP contribution < -0.4 is 10.1 Å². The molecule has 0 atom stereocenters. The lowest BCUT2D eigenvalue weighted by atomic mass is 9.90. The second-order valence-electron chi connectivity index (χ2n) is 8.41. The summed E-state index contributed by atoms with van der Waals surface area (Å²) in [6.45, 7) is -0.544. The molecule has 35 heavy (non-hydrogen) atoms. The molecule has 0 bridgehead atoms. The van der Waals surface area contributed by atoms with E-state index in [1.165, 1.54) is 39.4 Å². The minimum atomic E-state index is -3.72. The van der Waals surface area contributed by atoms with E-state index in [1.54, 1.807) is 0 Å². The van der Waals surface area contributed by atoms with Crippen molar-refractivity contribution in [2.45, 2.75) is 30.6 Å². The van der Waals surface area contributed by atoms with Crippen LogP contribution in [0.1, 0.15) is 34.5 Å². The Hall–Kier alpha value is -3.50. The molecule has 2 aromatic carbocycles. The van der Waals surface area contributed by atoms with E-state index in [4.69, 9.17) is 14.5 Å². The van der Waals surface area contributed by atoms with E-state index in [9.17, 15) is 18.0 Å². The molecule has 1 aliphatic carbocycles. The van der Waals surface area contributed by atoms with E-state index in [-0.39, 0.29) is 16.3 Å². The van der Waals surface area contributed by atoms with Crippen molar-refractivity contribution >= 4 is 38.5 Å². The lowest BCUT2D eigenvalue weighted by Gasteiger charge is -2.20. The van der Waals surface area contributed by atoms with Gasteiger partial charge in [-0.25, -0.2) is 17.5 Å². The van der Waals surface area contributed by atoms with Crippen molar-refractivity contribution in [1.29, 1.82) is 0 Å². The van der Waals surface area contributed by atoms with Gasteiger partial charge in [0.2, 0.25) is 10.0 Å². The number of sulfonamides is 1. The van der Waals surface area contributed by atoms with Crippen LogP contribution in [0, 0.1) is 0 Å². The van der Waals surface area contributed by atoms with E-state index < -0.39 is 28.5 Å².